The van der Waals surface area contributed by atoms with Gasteiger partial charge in [-0.25, -0.2) is 0 Å². The molecule has 4 heteroatoms. The molecule has 0 saturated heterocycles. The molecule has 4 nitrogen and oxygen atoms in total. The highest BCUT2D eigenvalue weighted by Gasteiger charge is 2.45. The second-order valence-corrected chi connectivity index (χ2v) is 5.25. The van der Waals surface area contributed by atoms with Gasteiger partial charge >= 0.3 is 11.9 Å². The number of hydrogen-bond donors (Lipinski definition) is 0. The zero-order chi connectivity index (χ0) is 17.8. The summed E-state index contributed by atoms with van der Waals surface area (Å²) in [5.41, 5.74) is -0.248. The van der Waals surface area contributed by atoms with Crippen molar-refractivity contribution < 1.29 is 19.1 Å². The molecular formula is C20H24O4. The summed E-state index contributed by atoms with van der Waals surface area (Å²) in [5.74, 6) is -1.31. The van der Waals surface area contributed by atoms with E-state index in [9.17, 15) is 9.59 Å². The Morgan fingerprint density at radius 1 is 1.08 bits per heavy atom. The molecule has 0 saturated carbocycles. The Hall–Kier alpha value is -2.62. The van der Waals surface area contributed by atoms with Crippen molar-refractivity contribution in [1.82, 2.24) is 0 Å². The molecule has 1 aromatic carbocycles. The van der Waals surface area contributed by atoms with Gasteiger partial charge in [0.05, 0.1) is 14.2 Å². The maximum atomic E-state index is 12.2. The molecule has 128 valence electrons. The highest BCUT2D eigenvalue weighted by atomic mass is 16.5. The molecule has 0 aliphatic carbocycles. The summed E-state index contributed by atoms with van der Waals surface area (Å²) in [6.45, 7) is 3.57. The molecule has 0 radical (unpaired) electrons. The first-order valence-corrected chi connectivity index (χ1v) is 7.76. The maximum Gasteiger partial charge on any atom is 0.327 e. The summed E-state index contributed by atoms with van der Waals surface area (Å²) in [6.07, 6.45) is 10.2. The molecule has 0 amide bonds. The van der Waals surface area contributed by atoms with Gasteiger partial charge in [-0.05, 0) is 24.8 Å². The topological polar surface area (TPSA) is 52.6 Å². The van der Waals surface area contributed by atoms with E-state index in [1.54, 1.807) is 6.08 Å². The van der Waals surface area contributed by atoms with Crippen molar-refractivity contribution in [2.24, 2.45) is 5.41 Å². The van der Waals surface area contributed by atoms with Gasteiger partial charge in [0.25, 0.3) is 0 Å². The lowest BCUT2D eigenvalue weighted by molar-refractivity contribution is -0.164. The number of hydrogen-bond acceptors (Lipinski definition) is 4. The fourth-order valence-corrected chi connectivity index (χ4v) is 2.33. The monoisotopic (exact) mass is 328 g/mol. The minimum absolute atomic E-state index is 0.172. The van der Waals surface area contributed by atoms with Crippen LogP contribution in [0, 0.1) is 5.41 Å². The molecule has 0 atom stereocenters. The first kappa shape index (κ1) is 19.4. The van der Waals surface area contributed by atoms with Gasteiger partial charge in [-0.3, -0.25) is 9.59 Å². The summed E-state index contributed by atoms with van der Waals surface area (Å²) < 4.78 is 9.61. The van der Waals surface area contributed by atoms with Gasteiger partial charge in [-0.15, -0.1) is 0 Å². The number of carbonyl (C=O) groups is 2. The predicted octanol–water partition coefficient (Wildman–Crippen LogP) is 3.64. The van der Waals surface area contributed by atoms with Crippen LogP contribution < -0.4 is 0 Å². The van der Waals surface area contributed by atoms with E-state index < -0.39 is 17.4 Å². The molecule has 24 heavy (non-hydrogen) atoms. The Morgan fingerprint density at radius 2 is 1.71 bits per heavy atom. The average molecular weight is 328 g/mol. The summed E-state index contributed by atoms with van der Waals surface area (Å²) in [6, 6.07) is 10.1. The van der Waals surface area contributed by atoms with Crippen LogP contribution in [-0.2, 0) is 25.5 Å². The fourth-order valence-electron chi connectivity index (χ4n) is 2.33. The number of allylic oxidation sites excluding steroid dienone is 4. The number of esters is 2. The van der Waals surface area contributed by atoms with E-state index in [4.69, 9.17) is 9.47 Å². The largest absolute Gasteiger partial charge is 0.468 e. The van der Waals surface area contributed by atoms with Crippen LogP contribution in [0.1, 0.15) is 18.4 Å². The second-order valence-electron chi connectivity index (χ2n) is 5.25. The van der Waals surface area contributed by atoms with Gasteiger partial charge in [0.2, 0.25) is 0 Å². The lowest BCUT2D eigenvalue weighted by Crippen LogP contribution is -2.39. The van der Waals surface area contributed by atoms with Crippen molar-refractivity contribution in [1.29, 1.82) is 0 Å². The predicted molar refractivity (Wildman–Crippen MR) is 94.3 cm³/mol. The third-order valence-electron chi connectivity index (χ3n) is 3.67. The molecule has 1 aromatic rings. The zero-order valence-corrected chi connectivity index (χ0v) is 14.2. The number of rotatable bonds is 9. The number of carbonyl (C=O) groups excluding carboxylic acids is 2. The lowest BCUT2D eigenvalue weighted by atomic mass is 9.83. The molecule has 0 aliphatic rings. The van der Waals surface area contributed by atoms with Gasteiger partial charge in [0, 0.05) is 0 Å². The Balaban J connectivity index is 2.81. The van der Waals surface area contributed by atoms with Gasteiger partial charge in [-0.1, -0.05) is 67.3 Å². The normalized spacial score (nSPS) is 11.6. The molecule has 0 N–H and O–H groups in total. The van der Waals surface area contributed by atoms with Crippen molar-refractivity contribution in [3.63, 3.8) is 0 Å². The molecule has 0 heterocycles. The van der Waals surface area contributed by atoms with Crippen LogP contribution in [0.25, 0.3) is 0 Å². The van der Waals surface area contributed by atoms with Crippen LogP contribution in [0.5, 0.6) is 0 Å². The van der Waals surface area contributed by atoms with E-state index in [0.717, 1.165) is 12.8 Å². The highest BCUT2D eigenvalue weighted by molar-refractivity contribution is 6.02. The van der Waals surface area contributed by atoms with Crippen molar-refractivity contribution in [3.8, 4) is 0 Å². The number of ether oxygens (including phenoxy) is 2. The minimum Gasteiger partial charge on any atom is -0.468 e. The summed E-state index contributed by atoms with van der Waals surface area (Å²) in [7, 11) is 2.50. The SMILES string of the molecule is C=C/C=C/C(C/C=C/CCc1ccccc1)(C(=O)OC)C(=O)OC. The van der Waals surface area contributed by atoms with Gasteiger partial charge in [0.15, 0.2) is 5.41 Å². The van der Waals surface area contributed by atoms with Gasteiger partial charge < -0.3 is 9.47 Å². The number of benzene rings is 1. The minimum atomic E-state index is -1.49. The van der Waals surface area contributed by atoms with E-state index in [1.807, 2.05) is 30.4 Å². The number of methoxy groups -OCH3 is 2. The first-order chi connectivity index (χ1) is 11.6. The smallest absolute Gasteiger partial charge is 0.327 e. The Kier molecular flexibility index (Phi) is 8.26. The van der Waals surface area contributed by atoms with Crippen LogP contribution in [0.15, 0.2) is 67.3 Å². The maximum absolute atomic E-state index is 12.2. The van der Waals surface area contributed by atoms with E-state index in [1.165, 1.54) is 31.9 Å². The molecule has 0 bridgehead atoms. The summed E-state index contributed by atoms with van der Waals surface area (Å²) in [4.78, 5) is 24.4. The van der Waals surface area contributed by atoms with Crippen LogP contribution >= 0.6 is 0 Å². The molecule has 1 rings (SSSR count). The summed E-state index contributed by atoms with van der Waals surface area (Å²) in [5, 5.41) is 0. The Labute approximate surface area is 143 Å². The van der Waals surface area contributed by atoms with Crippen molar-refractivity contribution in [3.05, 3.63) is 72.9 Å². The first-order valence-electron chi connectivity index (χ1n) is 7.76. The number of aryl methyl sites for hydroxylation is 1. The van der Waals surface area contributed by atoms with Crippen molar-refractivity contribution in [2.75, 3.05) is 14.2 Å². The Morgan fingerprint density at radius 3 is 2.25 bits per heavy atom. The molecule has 0 fully saturated rings. The van der Waals surface area contributed by atoms with E-state index in [-0.39, 0.29) is 6.42 Å². The molecular weight excluding hydrogens is 304 g/mol. The lowest BCUT2D eigenvalue weighted by Gasteiger charge is -2.23. The van der Waals surface area contributed by atoms with Crippen molar-refractivity contribution in [2.45, 2.75) is 19.3 Å². The third kappa shape index (κ3) is 5.23. The van der Waals surface area contributed by atoms with Crippen molar-refractivity contribution >= 4 is 11.9 Å². The second kappa shape index (κ2) is 10.2. The van der Waals surface area contributed by atoms with E-state index in [2.05, 4.69) is 18.7 Å². The van der Waals surface area contributed by atoms with Crippen LogP contribution in [-0.4, -0.2) is 26.2 Å². The summed E-state index contributed by atoms with van der Waals surface area (Å²) >= 11 is 0. The van der Waals surface area contributed by atoms with E-state index >= 15 is 0 Å². The molecule has 0 aromatic heterocycles. The third-order valence-corrected chi connectivity index (χ3v) is 3.67. The van der Waals surface area contributed by atoms with Gasteiger partial charge in [-0.2, -0.15) is 0 Å². The molecule has 0 aliphatic heterocycles. The Bertz CT molecular complexity index is 583. The van der Waals surface area contributed by atoms with Crippen LogP contribution in [0.3, 0.4) is 0 Å². The average Bonchev–Trinajstić information content (AvgIpc) is 2.63. The van der Waals surface area contributed by atoms with Crippen LogP contribution in [0.4, 0.5) is 0 Å². The highest BCUT2D eigenvalue weighted by Crippen LogP contribution is 2.29. The van der Waals surface area contributed by atoms with Crippen LogP contribution in [0.2, 0.25) is 0 Å². The molecule has 0 spiro atoms. The van der Waals surface area contributed by atoms with E-state index in [0.29, 0.717) is 0 Å². The quantitative estimate of drug-likeness (QED) is 0.300. The standard InChI is InChI=1S/C20H24O4/c1-4-5-15-20(18(21)23-2,19(22)24-3)16-11-7-10-14-17-12-8-6-9-13-17/h4-9,11-13,15H,1,10,14,16H2,2-3H3/b11-7+,15-5+. The fraction of sp³-hybridized carbons (Fsp3) is 0.300. The molecule has 0 unspecified atom stereocenters. The zero-order valence-electron chi connectivity index (χ0n) is 14.2. The van der Waals surface area contributed by atoms with Gasteiger partial charge in [0.1, 0.15) is 0 Å².